The first-order valence-corrected chi connectivity index (χ1v) is 6.46. The average Bonchev–Trinajstić information content (AvgIpc) is 2.31. The number of hydrogen-bond acceptors (Lipinski definition) is 3. The van der Waals surface area contributed by atoms with Crippen LogP contribution < -0.4 is 10.1 Å². The van der Waals surface area contributed by atoms with Crippen molar-refractivity contribution in [2.45, 2.75) is 33.4 Å². The van der Waals surface area contributed by atoms with Crippen molar-refractivity contribution in [3.05, 3.63) is 28.8 Å². The number of ether oxygens (including phenoxy) is 1. The van der Waals surface area contributed by atoms with Crippen LogP contribution in [0.25, 0.3) is 0 Å². The highest BCUT2D eigenvalue weighted by Gasteiger charge is 2.08. The summed E-state index contributed by atoms with van der Waals surface area (Å²) in [6, 6.07) is 7.50. The summed E-state index contributed by atoms with van der Waals surface area (Å²) >= 11 is 5.98. The molecule has 0 aromatic heterocycles. The predicted molar refractivity (Wildman–Crippen MR) is 73.7 cm³/mol. The standard InChI is InChI=1S/C14H19ClN2O/c1-10(2)8-17-9-12-6-13(15)4-5-14(12)18-11(3)7-16/h4-6,10-11,17H,8-9H2,1-3H3. The Morgan fingerprint density at radius 2 is 2.11 bits per heavy atom. The van der Waals surface area contributed by atoms with E-state index in [1.54, 1.807) is 13.0 Å². The second-order valence-corrected chi connectivity index (χ2v) is 5.10. The summed E-state index contributed by atoms with van der Waals surface area (Å²) in [5.74, 6) is 1.30. The van der Waals surface area contributed by atoms with E-state index in [9.17, 15) is 0 Å². The molecule has 0 fully saturated rings. The van der Waals surface area contributed by atoms with Gasteiger partial charge in [-0.1, -0.05) is 25.4 Å². The number of rotatable bonds is 6. The van der Waals surface area contributed by atoms with Crippen molar-refractivity contribution >= 4 is 11.6 Å². The molecule has 0 amide bonds. The Kier molecular flexibility index (Phi) is 5.97. The molecule has 0 heterocycles. The Hall–Kier alpha value is -1.24. The van der Waals surface area contributed by atoms with Gasteiger partial charge >= 0.3 is 0 Å². The first-order valence-electron chi connectivity index (χ1n) is 6.08. The molecule has 1 rings (SSSR count). The highest BCUT2D eigenvalue weighted by Crippen LogP contribution is 2.23. The molecule has 0 aliphatic carbocycles. The van der Waals surface area contributed by atoms with Crippen LogP contribution in [0.2, 0.25) is 5.02 Å². The lowest BCUT2D eigenvalue weighted by Gasteiger charge is -2.14. The van der Waals surface area contributed by atoms with E-state index in [1.165, 1.54) is 0 Å². The van der Waals surface area contributed by atoms with E-state index < -0.39 is 6.10 Å². The van der Waals surface area contributed by atoms with Gasteiger partial charge in [0.1, 0.15) is 11.8 Å². The summed E-state index contributed by atoms with van der Waals surface area (Å²) in [5, 5.41) is 12.8. The first kappa shape index (κ1) is 14.8. The van der Waals surface area contributed by atoms with Gasteiger partial charge in [0.25, 0.3) is 0 Å². The molecule has 0 saturated heterocycles. The lowest BCUT2D eigenvalue weighted by molar-refractivity contribution is 0.273. The van der Waals surface area contributed by atoms with Gasteiger partial charge < -0.3 is 10.1 Å². The molecule has 1 aromatic carbocycles. The molecule has 0 bridgehead atoms. The maximum Gasteiger partial charge on any atom is 0.181 e. The molecule has 98 valence electrons. The number of hydrogen-bond donors (Lipinski definition) is 1. The molecular weight excluding hydrogens is 248 g/mol. The summed E-state index contributed by atoms with van der Waals surface area (Å²) < 4.78 is 5.55. The largest absolute Gasteiger partial charge is 0.476 e. The van der Waals surface area contributed by atoms with Crippen molar-refractivity contribution in [3.8, 4) is 11.8 Å². The van der Waals surface area contributed by atoms with E-state index in [2.05, 4.69) is 25.2 Å². The van der Waals surface area contributed by atoms with Crippen LogP contribution in [0.4, 0.5) is 0 Å². The second kappa shape index (κ2) is 7.25. The number of halogens is 1. The Bertz CT molecular complexity index is 426. The molecule has 1 N–H and O–H groups in total. The van der Waals surface area contributed by atoms with Crippen molar-refractivity contribution in [3.63, 3.8) is 0 Å². The van der Waals surface area contributed by atoms with Crippen molar-refractivity contribution < 1.29 is 4.74 Å². The maximum absolute atomic E-state index is 8.77. The Labute approximate surface area is 114 Å². The van der Waals surface area contributed by atoms with Crippen LogP contribution in [0.15, 0.2) is 18.2 Å². The summed E-state index contributed by atoms with van der Waals surface area (Å²) in [5.41, 5.74) is 0.977. The predicted octanol–water partition coefficient (Wildman–Crippen LogP) is 3.38. The molecule has 1 atom stereocenters. The molecule has 0 radical (unpaired) electrons. The number of nitriles is 1. The van der Waals surface area contributed by atoms with Gasteiger partial charge in [0.15, 0.2) is 6.10 Å². The van der Waals surface area contributed by atoms with Gasteiger partial charge in [0.05, 0.1) is 0 Å². The fourth-order valence-corrected chi connectivity index (χ4v) is 1.71. The molecule has 0 aliphatic rings. The molecule has 3 nitrogen and oxygen atoms in total. The van der Waals surface area contributed by atoms with Crippen LogP contribution in [0.3, 0.4) is 0 Å². The molecule has 0 saturated carbocycles. The topological polar surface area (TPSA) is 45.0 Å². The van der Waals surface area contributed by atoms with Gasteiger partial charge in [-0.3, -0.25) is 0 Å². The third-order valence-corrected chi connectivity index (χ3v) is 2.61. The van der Waals surface area contributed by atoms with Crippen molar-refractivity contribution in [2.75, 3.05) is 6.54 Å². The van der Waals surface area contributed by atoms with Crippen LogP contribution in [-0.2, 0) is 6.54 Å². The number of nitrogens with zero attached hydrogens (tertiary/aromatic N) is 1. The van der Waals surface area contributed by atoms with Crippen molar-refractivity contribution in [1.82, 2.24) is 5.32 Å². The maximum atomic E-state index is 8.77. The lowest BCUT2D eigenvalue weighted by Crippen LogP contribution is -2.20. The van der Waals surface area contributed by atoms with Gasteiger partial charge in [-0.15, -0.1) is 0 Å². The summed E-state index contributed by atoms with van der Waals surface area (Å²) in [7, 11) is 0. The van der Waals surface area contributed by atoms with Gasteiger partial charge in [0, 0.05) is 17.1 Å². The summed E-state index contributed by atoms with van der Waals surface area (Å²) in [6.45, 7) is 7.65. The van der Waals surface area contributed by atoms with E-state index in [0.29, 0.717) is 23.2 Å². The third-order valence-electron chi connectivity index (χ3n) is 2.38. The van der Waals surface area contributed by atoms with Gasteiger partial charge in [-0.25, -0.2) is 0 Å². The van der Waals surface area contributed by atoms with E-state index in [4.69, 9.17) is 21.6 Å². The summed E-state index contributed by atoms with van der Waals surface area (Å²) in [4.78, 5) is 0. The van der Waals surface area contributed by atoms with Crippen molar-refractivity contribution in [2.24, 2.45) is 5.92 Å². The average molecular weight is 267 g/mol. The van der Waals surface area contributed by atoms with Crippen LogP contribution in [0.5, 0.6) is 5.75 Å². The minimum absolute atomic E-state index is 0.463. The molecule has 0 aliphatic heterocycles. The second-order valence-electron chi connectivity index (χ2n) is 4.67. The lowest BCUT2D eigenvalue weighted by atomic mass is 10.1. The van der Waals surface area contributed by atoms with Gasteiger partial charge in [0.2, 0.25) is 0 Å². The molecular formula is C14H19ClN2O. The zero-order valence-electron chi connectivity index (χ0n) is 11.0. The molecule has 1 unspecified atom stereocenters. The van der Waals surface area contributed by atoms with Crippen LogP contribution in [0, 0.1) is 17.2 Å². The van der Waals surface area contributed by atoms with E-state index in [0.717, 1.165) is 12.1 Å². The molecule has 0 spiro atoms. The molecule has 4 heteroatoms. The Balaban J connectivity index is 2.74. The van der Waals surface area contributed by atoms with Crippen molar-refractivity contribution in [1.29, 1.82) is 5.26 Å². The fourth-order valence-electron chi connectivity index (χ4n) is 1.51. The smallest absolute Gasteiger partial charge is 0.181 e. The highest BCUT2D eigenvalue weighted by molar-refractivity contribution is 6.30. The third kappa shape index (κ3) is 4.95. The zero-order chi connectivity index (χ0) is 13.5. The first-order chi connectivity index (χ1) is 8.52. The summed E-state index contributed by atoms with van der Waals surface area (Å²) in [6.07, 6.45) is -0.463. The Morgan fingerprint density at radius 1 is 1.39 bits per heavy atom. The molecule has 1 aromatic rings. The quantitative estimate of drug-likeness (QED) is 0.859. The van der Waals surface area contributed by atoms with E-state index in [-0.39, 0.29) is 0 Å². The van der Waals surface area contributed by atoms with Gasteiger partial charge in [-0.05, 0) is 37.6 Å². The highest BCUT2D eigenvalue weighted by atomic mass is 35.5. The Morgan fingerprint density at radius 3 is 2.72 bits per heavy atom. The van der Waals surface area contributed by atoms with Crippen LogP contribution >= 0.6 is 11.6 Å². The number of benzene rings is 1. The van der Waals surface area contributed by atoms with Crippen LogP contribution in [-0.4, -0.2) is 12.6 Å². The van der Waals surface area contributed by atoms with E-state index in [1.807, 2.05) is 12.1 Å². The van der Waals surface area contributed by atoms with E-state index >= 15 is 0 Å². The molecule has 18 heavy (non-hydrogen) atoms. The normalized spacial score (nSPS) is 12.2. The number of nitrogens with one attached hydrogen (secondary N) is 1. The van der Waals surface area contributed by atoms with Gasteiger partial charge in [-0.2, -0.15) is 5.26 Å². The minimum Gasteiger partial charge on any atom is -0.476 e. The zero-order valence-corrected chi connectivity index (χ0v) is 11.8. The monoisotopic (exact) mass is 266 g/mol. The fraction of sp³-hybridized carbons (Fsp3) is 0.500. The van der Waals surface area contributed by atoms with Crippen LogP contribution in [0.1, 0.15) is 26.3 Å². The minimum atomic E-state index is -0.463. The SMILES string of the molecule is CC(C)CNCc1cc(Cl)ccc1OC(C)C#N.